The second-order valence-electron chi connectivity index (χ2n) is 5.18. The van der Waals surface area contributed by atoms with E-state index in [9.17, 15) is 0 Å². The lowest BCUT2D eigenvalue weighted by molar-refractivity contribution is 0.321. The number of nitrogens with one attached hydrogen (secondary N) is 1. The summed E-state index contributed by atoms with van der Waals surface area (Å²) in [6, 6.07) is 6.81. The van der Waals surface area contributed by atoms with Crippen LogP contribution in [0.5, 0.6) is 11.5 Å². The molecule has 18 heavy (non-hydrogen) atoms. The Hall–Kier alpha value is -1.22. The van der Waals surface area contributed by atoms with Gasteiger partial charge in [-0.15, -0.1) is 0 Å². The van der Waals surface area contributed by atoms with E-state index in [0.717, 1.165) is 30.4 Å². The Morgan fingerprint density at radius 1 is 1.11 bits per heavy atom. The zero-order chi connectivity index (χ0) is 13.0. The van der Waals surface area contributed by atoms with Crippen LogP contribution >= 0.6 is 0 Å². The first-order valence-electron chi connectivity index (χ1n) is 6.66. The van der Waals surface area contributed by atoms with E-state index < -0.39 is 0 Å². The van der Waals surface area contributed by atoms with Crippen molar-refractivity contribution in [1.29, 1.82) is 0 Å². The third-order valence-corrected chi connectivity index (χ3v) is 3.70. The Morgan fingerprint density at radius 3 is 2.28 bits per heavy atom. The molecule has 1 aliphatic rings. The summed E-state index contributed by atoms with van der Waals surface area (Å²) >= 11 is 0. The molecule has 1 heterocycles. The molecule has 0 amide bonds. The summed E-state index contributed by atoms with van der Waals surface area (Å²) in [7, 11) is 3.39. The van der Waals surface area contributed by atoms with Crippen LogP contribution in [0, 0.1) is 5.92 Å². The normalized spacial score (nSPS) is 23.7. The molecule has 0 spiro atoms. The van der Waals surface area contributed by atoms with Crippen LogP contribution in [0.15, 0.2) is 18.2 Å². The Morgan fingerprint density at radius 2 is 1.78 bits per heavy atom. The third kappa shape index (κ3) is 3.39. The lowest BCUT2D eigenvalue weighted by Gasteiger charge is -2.27. The van der Waals surface area contributed by atoms with Gasteiger partial charge in [-0.2, -0.15) is 0 Å². The topological polar surface area (TPSA) is 30.5 Å². The molecular weight excluding hydrogens is 226 g/mol. The average Bonchev–Trinajstić information content (AvgIpc) is 2.41. The minimum Gasteiger partial charge on any atom is -0.497 e. The molecule has 2 atom stereocenters. The van der Waals surface area contributed by atoms with Gasteiger partial charge in [0.05, 0.1) is 14.2 Å². The summed E-state index contributed by atoms with van der Waals surface area (Å²) in [6.07, 6.45) is 3.66. The van der Waals surface area contributed by atoms with E-state index in [1.54, 1.807) is 14.2 Å². The SMILES string of the molecule is COc1cc(CC2CCC(C)NC2)cc(OC)c1. The molecule has 0 aromatic heterocycles. The molecule has 2 rings (SSSR count). The Kier molecular flexibility index (Phi) is 4.48. The summed E-state index contributed by atoms with van der Waals surface area (Å²) in [5, 5.41) is 3.55. The summed E-state index contributed by atoms with van der Waals surface area (Å²) < 4.78 is 10.6. The lowest BCUT2D eigenvalue weighted by Crippen LogP contribution is -2.37. The lowest BCUT2D eigenvalue weighted by atomic mass is 9.90. The van der Waals surface area contributed by atoms with Crippen molar-refractivity contribution < 1.29 is 9.47 Å². The van der Waals surface area contributed by atoms with Crippen LogP contribution in [-0.2, 0) is 6.42 Å². The minimum absolute atomic E-state index is 0.668. The monoisotopic (exact) mass is 249 g/mol. The molecule has 0 radical (unpaired) electrons. The molecule has 0 aliphatic carbocycles. The van der Waals surface area contributed by atoms with Crippen molar-refractivity contribution >= 4 is 0 Å². The highest BCUT2D eigenvalue weighted by Gasteiger charge is 2.18. The van der Waals surface area contributed by atoms with Crippen LogP contribution in [0.4, 0.5) is 0 Å². The van der Waals surface area contributed by atoms with Gasteiger partial charge in [-0.05, 0) is 56.3 Å². The van der Waals surface area contributed by atoms with Crippen LogP contribution < -0.4 is 14.8 Å². The number of methoxy groups -OCH3 is 2. The molecule has 3 heteroatoms. The van der Waals surface area contributed by atoms with Gasteiger partial charge in [-0.25, -0.2) is 0 Å². The van der Waals surface area contributed by atoms with Gasteiger partial charge in [0.2, 0.25) is 0 Å². The van der Waals surface area contributed by atoms with Crippen molar-refractivity contribution in [3.8, 4) is 11.5 Å². The summed E-state index contributed by atoms with van der Waals surface area (Å²) in [5.41, 5.74) is 1.30. The quantitative estimate of drug-likeness (QED) is 0.890. The maximum Gasteiger partial charge on any atom is 0.122 e. The average molecular weight is 249 g/mol. The molecule has 100 valence electrons. The fraction of sp³-hybridized carbons (Fsp3) is 0.600. The number of benzene rings is 1. The van der Waals surface area contributed by atoms with Crippen LogP contribution in [0.1, 0.15) is 25.3 Å². The molecule has 1 N–H and O–H groups in total. The van der Waals surface area contributed by atoms with Gasteiger partial charge in [-0.3, -0.25) is 0 Å². The molecule has 2 unspecified atom stereocenters. The van der Waals surface area contributed by atoms with Gasteiger partial charge in [-0.1, -0.05) is 0 Å². The molecule has 1 aliphatic heterocycles. The van der Waals surface area contributed by atoms with Crippen LogP contribution in [-0.4, -0.2) is 26.8 Å². The summed E-state index contributed by atoms with van der Waals surface area (Å²) in [6.45, 7) is 3.37. The molecule has 0 saturated carbocycles. The van der Waals surface area contributed by atoms with Crippen molar-refractivity contribution in [3.63, 3.8) is 0 Å². The van der Waals surface area contributed by atoms with E-state index in [-0.39, 0.29) is 0 Å². The first-order valence-corrected chi connectivity index (χ1v) is 6.66. The van der Waals surface area contributed by atoms with Gasteiger partial charge in [0.15, 0.2) is 0 Å². The second kappa shape index (κ2) is 6.10. The first-order chi connectivity index (χ1) is 8.71. The van der Waals surface area contributed by atoms with E-state index in [2.05, 4.69) is 24.4 Å². The molecular formula is C15H23NO2. The Balaban J connectivity index is 2.03. The van der Waals surface area contributed by atoms with E-state index in [4.69, 9.17) is 9.47 Å². The molecule has 3 nitrogen and oxygen atoms in total. The summed E-state index contributed by atoms with van der Waals surface area (Å²) in [4.78, 5) is 0. The standard InChI is InChI=1S/C15H23NO2/c1-11-4-5-12(10-16-11)6-13-7-14(17-2)9-15(8-13)18-3/h7-9,11-12,16H,4-6,10H2,1-3H3. The zero-order valence-corrected chi connectivity index (χ0v) is 11.5. The maximum absolute atomic E-state index is 5.31. The van der Waals surface area contributed by atoms with Crippen LogP contribution in [0.2, 0.25) is 0 Å². The molecule has 1 saturated heterocycles. The fourth-order valence-corrected chi connectivity index (χ4v) is 2.55. The van der Waals surface area contributed by atoms with Gasteiger partial charge in [0.25, 0.3) is 0 Å². The van der Waals surface area contributed by atoms with Gasteiger partial charge >= 0.3 is 0 Å². The van der Waals surface area contributed by atoms with Crippen LogP contribution in [0.3, 0.4) is 0 Å². The molecule has 1 fully saturated rings. The van der Waals surface area contributed by atoms with E-state index in [0.29, 0.717) is 6.04 Å². The molecule has 1 aromatic carbocycles. The molecule has 1 aromatic rings. The van der Waals surface area contributed by atoms with Gasteiger partial charge in [0, 0.05) is 12.1 Å². The minimum atomic E-state index is 0.668. The highest BCUT2D eigenvalue weighted by atomic mass is 16.5. The predicted octanol–water partition coefficient (Wildman–Crippen LogP) is 2.63. The first kappa shape index (κ1) is 13.2. The van der Waals surface area contributed by atoms with E-state index in [1.807, 2.05) is 6.07 Å². The highest BCUT2D eigenvalue weighted by Crippen LogP contribution is 2.26. The van der Waals surface area contributed by atoms with Crippen molar-refractivity contribution in [2.24, 2.45) is 5.92 Å². The van der Waals surface area contributed by atoms with Crippen molar-refractivity contribution in [2.75, 3.05) is 20.8 Å². The molecule has 0 bridgehead atoms. The predicted molar refractivity (Wildman–Crippen MR) is 73.4 cm³/mol. The number of ether oxygens (including phenoxy) is 2. The maximum atomic E-state index is 5.31. The summed E-state index contributed by atoms with van der Waals surface area (Å²) in [5.74, 6) is 2.47. The Bertz CT molecular complexity index is 362. The van der Waals surface area contributed by atoms with E-state index in [1.165, 1.54) is 18.4 Å². The van der Waals surface area contributed by atoms with Gasteiger partial charge < -0.3 is 14.8 Å². The van der Waals surface area contributed by atoms with Gasteiger partial charge in [0.1, 0.15) is 11.5 Å². The highest BCUT2D eigenvalue weighted by molar-refractivity contribution is 5.38. The van der Waals surface area contributed by atoms with Crippen LogP contribution in [0.25, 0.3) is 0 Å². The zero-order valence-electron chi connectivity index (χ0n) is 11.5. The smallest absolute Gasteiger partial charge is 0.122 e. The number of hydrogen-bond donors (Lipinski definition) is 1. The van der Waals surface area contributed by atoms with Crippen molar-refractivity contribution in [3.05, 3.63) is 23.8 Å². The largest absolute Gasteiger partial charge is 0.497 e. The Labute approximate surface area is 109 Å². The third-order valence-electron chi connectivity index (χ3n) is 3.70. The number of rotatable bonds is 4. The van der Waals surface area contributed by atoms with E-state index >= 15 is 0 Å². The van der Waals surface area contributed by atoms with Crippen molar-refractivity contribution in [1.82, 2.24) is 5.32 Å². The fourth-order valence-electron chi connectivity index (χ4n) is 2.55. The number of hydrogen-bond acceptors (Lipinski definition) is 3. The van der Waals surface area contributed by atoms with Crippen molar-refractivity contribution in [2.45, 2.75) is 32.2 Å². The number of piperidine rings is 1. The second-order valence-corrected chi connectivity index (χ2v) is 5.18.